The monoisotopic (exact) mass is 326 g/mol. The number of aryl methyl sites for hydroxylation is 2. The number of hydrogen-bond acceptors (Lipinski definition) is 3. The number of carbonyl (C=O) groups is 1. The van der Waals surface area contributed by atoms with Crippen LogP contribution in [0, 0.1) is 19.7 Å². The molecule has 0 saturated carbocycles. The van der Waals surface area contributed by atoms with E-state index in [0.717, 1.165) is 16.1 Å². The molecule has 1 N–H and O–H groups in total. The molecule has 5 heteroatoms. The van der Waals surface area contributed by atoms with Crippen LogP contribution in [0.1, 0.15) is 20.8 Å². The van der Waals surface area contributed by atoms with Gasteiger partial charge in [-0.15, -0.1) is 11.3 Å². The van der Waals surface area contributed by atoms with Crippen LogP contribution in [-0.2, 0) is 0 Å². The Balaban J connectivity index is 1.85. The molecule has 3 rings (SSSR count). The molecule has 3 nitrogen and oxygen atoms in total. The van der Waals surface area contributed by atoms with E-state index < -0.39 is 11.7 Å². The van der Waals surface area contributed by atoms with Gasteiger partial charge in [-0.05, 0) is 26.0 Å². The molecule has 0 radical (unpaired) electrons. The third kappa shape index (κ3) is 3.29. The standard InChI is InChI=1S/C18H15FN2OS/c1-11-7-9-13(10-8-11)16-12(2)23-18(20-16)21-17(22)14-5-3-4-6-15(14)19/h3-10H,1-2H3,(H,20,21,22). The Morgan fingerprint density at radius 3 is 2.48 bits per heavy atom. The van der Waals surface area contributed by atoms with Gasteiger partial charge in [-0.25, -0.2) is 9.37 Å². The Morgan fingerprint density at radius 2 is 1.78 bits per heavy atom. The van der Waals surface area contributed by atoms with Crippen LogP contribution < -0.4 is 5.32 Å². The fourth-order valence-corrected chi connectivity index (χ4v) is 3.07. The van der Waals surface area contributed by atoms with Crippen molar-refractivity contribution in [1.29, 1.82) is 0 Å². The van der Waals surface area contributed by atoms with Crippen LogP contribution in [0.2, 0.25) is 0 Å². The number of nitrogens with one attached hydrogen (secondary N) is 1. The molecule has 0 fully saturated rings. The van der Waals surface area contributed by atoms with Gasteiger partial charge in [0.25, 0.3) is 5.91 Å². The summed E-state index contributed by atoms with van der Waals surface area (Å²) >= 11 is 1.38. The lowest BCUT2D eigenvalue weighted by Crippen LogP contribution is -2.13. The zero-order valence-electron chi connectivity index (χ0n) is 12.8. The molecule has 0 saturated heterocycles. The first kappa shape index (κ1) is 15.4. The number of aromatic nitrogens is 1. The van der Waals surface area contributed by atoms with Gasteiger partial charge in [0.05, 0.1) is 11.3 Å². The van der Waals surface area contributed by atoms with Gasteiger partial charge in [0.2, 0.25) is 0 Å². The van der Waals surface area contributed by atoms with Gasteiger partial charge in [-0.2, -0.15) is 0 Å². The molecule has 0 aliphatic carbocycles. The Hall–Kier alpha value is -2.53. The van der Waals surface area contributed by atoms with Crippen LogP contribution in [-0.4, -0.2) is 10.9 Å². The average molecular weight is 326 g/mol. The zero-order valence-corrected chi connectivity index (χ0v) is 13.6. The number of nitrogens with zero attached hydrogens (tertiary/aromatic N) is 1. The molecule has 0 bridgehead atoms. The largest absolute Gasteiger partial charge is 0.298 e. The minimum absolute atomic E-state index is 0.0113. The van der Waals surface area contributed by atoms with Gasteiger partial charge in [-0.1, -0.05) is 42.0 Å². The number of hydrogen-bond donors (Lipinski definition) is 1. The van der Waals surface area contributed by atoms with E-state index in [1.807, 2.05) is 38.1 Å². The molecule has 0 aliphatic rings. The molecule has 0 spiro atoms. The molecular formula is C18H15FN2OS. The Kier molecular flexibility index (Phi) is 4.21. The van der Waals surface area contributed by atoms with Crippen LogP contribution in [0.4, 0.5) is 9.52 Å². The number of carbonyl (C=O) groups excluding carboxylic acids is 1. The molecule has 1 heterocycles. The number of benzene rings is 2. The van der Waals surface area contributed by atoms with E-state index in [0.29, 0.717) is 5.13 Å². The predicted octanol–water partition coefficient (Wildman–Crippen LogP) is 4.82. The van der Waals surface area contributed by atoms with Crippen LogP contribution in [0.3, 0.4) is 0 Å². The van der Waals surface area contributed by atoms with Crippen molar-refractivity contribution in [2.24, 2.45) is 0 Å². The van der Waals surface area contributed by atoms with Crippen LogP contribution in [0.25, 0.3) is 11.3 Å². The van der Waals surface area contributed by atoms with Gasteiger partial charge >= 0.3 is 0 Å². The Morgan fingerprint density at radius 1 is 1.09 bits per heavy atom. The van der Waals surface area contributed by atoms with Gasteiger partial charge in [0.1, 0.15) is 5.82 Å². The first-order chi connectivity index (χ1) is 11.0. The summed E-state index contributed by atoms with van der Waals surface area (Å²) in [4.78, 5) is 17.6. The van der Waals surface area contributed by atoms with Crippen molar-refractivity contribution in [2.45, 2.75) is 13.8 Å². The lowest BCUT2D eigenvalue weighted by Gasteiger charge is -2.02. The van der Waals surface area contributed by atoms with Crippen LogP contribution in [0.5, 0.6) is 0 Å². The smallest absolute Gasteiger partial charge is 0.260 e. The Bertz CT molecular complexity index is 856. The number of anilines is 1. The van der Waals surface area contributed by atoms with Gasteiger partial charge in [0.15, 0.2) is 5.13 Å². The van der Waals surface area contributed by atoms with Gasteiger partial charge in [0, 0.05) is 10.4 Å². The van der Waals surface area contributed by atoms with Crippen molar-refractivity contribution >= 4 is 22.4 Å². The summed E-state index contributed by atoms with van der Waals surface area (Å²) in [5.41, 5.74) is 3.02. The second-order valence-corrected chi connectivity index (χ2v) is 6.43. The van der Waals surface area contributed by atoms with Crippen molar-refractivity contribution in [3.05, 3.63) is 70.4 Å². The van der Waals surface area contributed by atoms with Crippen molar-refractivity contribution in [3.8, 4) is 11.3 Å². The molecular weight excluding hydrogens is 311 g/mol. The van der Waals surface area contributed by atoms with E-state index in [4.69, 9.17) is 0 Å². The topological polar surface area (TPSA) is 42.0 Å². The maximum Gasteiger partial charge on any atom is 0.260 e. The highest BCUT2D eigenvalue weighted by Gasteiger charge is 2.15. The molecule has 116 valence electrons. The molecule has 0 unspecified atom stereocenters. The summed E-state index contributed by atoms with van der Waals surface area (Å²) < 4.78 is 13.7. The number of amides is 1. The minimum Gasteiger partial charge on any atom is -0.298 e. The number of thiazole rings is 1. The third-order valence-electron chi connectivity index (χ3n) is 3.46. The second kappa shape index (κ2) is 6.30. The SMILES string of the molecule is Cc1ccc(-c2nc(NC(=O)c3ccccc3F)sc2C)cc1. The molecule has 1 amide bonds. The number of halogens is 1. The quantitative estimate of drug-likeness (QED) is 0.750. The summed E-state index contributed by atoms with van der Waals surface area (Å²) in [6, 6.07) is 13.9. The molecule has 0 atom stereocenters. The summed E-state index contributed by atoms with van der Waals surface area (Å²) in [6.07, 6.45) is 0. The molecule has 23 heavy (non-hydrogen) atoms. The molecule has 1 aromatic heterocycles. The summed E-state index contributed by atoms with van der Waals surface area (Å²) in [5.74, 6) is -1.04. The second-order valence-electron chi connectivity index (χ2n) is 5.22. The highest BCUT2D eigenvalue weighted by Crippen LogP contribution is 2.30. The zero-order chi connectivity index (χ0) is 16.4. The van der Waals surface area contributed by atoms with Crippen molar-refractivity contribution in [3.63, 3.8) is 0 Å². The fraction of sp³-hybridized carbons (Fsp3) is 0.111. The Labute approximate surface area is 137 Å². The van der Waals surface area contributed by atoms with E-state index in [2.05, 4.69) is 10.3 Å². The van der Waals surface area contributed by atoms with Crippen LogP contribution >= 0.6 is 11.3 Å². The van der Waals surface area contributed by atoms with E-state index >= 15 is 0 Å². The average Bonchev–Trinajstić information content (AvgIpc) is 2.89. The third-order valence-corrected chi connectivity index (χ3v) is 4.35. The van der Waals surface area contributed by atoms with E-state index in [-0.39, 0.29) is 5.56 Å². The predicted molar refractivity (Wildman–Crippen MR) is 91.4 cm³/mol. The normalized spacial score (nSPS) is 10.6. The van der Waals surface area contributed by atoms with Crippen molar-refractivity contribution in [1.82, 2.24) is 4.98 Å². The highest BCUT2D eigenvalue weighted by molar-refractivity contribution is 7.16. The first-order valence-corrected chi connectivity index (χ1v) is 7.96. The van der Waals surface area contributed by atoms with Gasteiger partial charge in [-0.3, -0.25) is 10.1 Å². The van der Waals surface area contributed by atoms with Gasteiger partial charge < -0.3 is 0 Å². The number of rotatable bonds is 3. The minimum atomic E-state index is -0.544. The lowest BCUT2D eigenvalue weighted by molar-refractivity contribution is 0.102. The fourth-order valence-electron chi connectivity index (χ4n) is 2.24. The van der Waals surface area contributed by atoms with Crippen molar-refractivity contribution in [2.75, 3.05) is 5.32 Å². The van der Waals surface area contributed by atoms with Crippen LogP contribution in [0.15, 0.2) is 48.5 Å². The summed E-state index contributed by atoms with van der Waals surface area (Å²) in [6.45, 7) is 3.98. The molecule has 3 aromatic rings. The van der Waals surface area contributed by atoms with E-state index in [9.17, 15) is 9.18 Å². The maximum absolute atomic E-state index is 13.7. The highest BCUT2D eigenvalue weighted by atomic mass is 32.1. The summed E-state index contributed by atoms with van der Waals surface area (Å²) in [7, 11) is 0. The molecule has 0 aliphatic heterocycles. The molecule has 2 aromatic carbocycles. The maximum atomic E-state index is 13.7. The van der Waals surface area contributed by atoms with E-state index in [1.54, 1.807) is 12.1 Å². The first-order valence-electron chi connectivity index (χ1n) is 7.15. The van der Waals surface area contributed by atoms with Crippen molar-refractivity contribution < 1.29 is 9.18 Å². The summed E-state index contributed by atoms with van der Waals surface area (Å²) in [5, 5.41) is 3.13. The van der Waals surface area contributed by atoms with E-state index in [1.165, 1.54) is 29.0 Å². The lowest BCUT2D eigenvalue weighted by atomic mass is 10.1.